The number of fused-ring (bicyclic) bond motifs is 1. The summed E-state index contributed by atoms with van der Waals surface area (Å²) < 4.78 is 25.1. The summed E-state index contributed by atoms with van der Waals surface area (Å²) in [6, 6.07) is 11.3. The lowest BCUT2D eigenvalue weighted by atomic mass is 10.1. The van der Waals surface area contributed by atoms with Crippen molar-refractivity contribution in [3.63, 3.8) is 0 Å². The minimum absolute atomic E-state index is 0.571. The molecule has 0 atom stereocenters. The van der Waals surface area contributed by atoms with Gasteiger partial charge in [-0.25, -0.2) is 8.42 Å². The molecule has 2 heterocycles. The number of aromatic nitrogens is 2. The minimum atomic E-state index is -3.26. The van der Waals surface area contributed by atoms with Gasteiger partial charge in [-0.1, -0.05) is 11.6 Å². The number of hydrogen-bond donors (Lipinski definition) is 2. The number of halogens is 1. The molecule has 2 aromatic carbocycles. The van der Waals surface area contributed by atoms with Gasteiger partial charge in [0, 0.05) is 53.7 Å². The third kappa shape index (κ3) is 3.96. The molecule has 0 amide bonds. The fourth-order valence-corrected chi connectivity index (χ4v) is 4.20. The molecule has 1 aliphatic rings. The Morgan fingerprint density at radius 3 is 2.41 bits per heavy atom. The molecule has 0 unspecified atom stereocenters. The molecular formula is C18H20ClN5O2S. The average Bonchev–Trinajstić information content (AvgIpc) is 3.09. The SMILES string of the molecule is CS(=O)(=O)Nc1ccc(N2CCN(c3cc(Cl)cc4[nH]ncc34)CC2)cc1. The van der Waals surface area contributed by atoms with Gasteiger partial charge >= 0.3 is 0 Å². The van der Waals surface area contributed by atoms with Crippen molar-refractivity contribution in [1.82, 2.24) is 10.2 Å². The second kappa shape index (κ2) is 6.94. The van der Waals surface area contributed by atoms with Gasteiger partial charge < -0.3 is 9.80 Å². The van der Waals surface area contributed by atoms with E-state index in [4.69, 9.17) is 11.6 Å². The number of nitrogens with one attached hydrogen (secondary N) is 2. The van der Waals surface area contributed by atoms with E-state index in [-0.39, 0.29) is 0 Å². The summed E-state index contributed by atoms with van der Waals surface area (Å²) in [4.78, 5) is 4.61. The van der Waals surface area contributed by atoms with Crippen LogP contribution in [-0.2, 0) is 10.0 Å². The zero-order valence-electron chi connectivity index (χ0n) is 14.8. The molecular weight excluding hydrogens is 386 g/mol. The molecule has 1 aromatic heterocycles. The molecule has 1 aliphatic heterocycles. The first-order chi connectivity index (χ1) is 12.9. The third-order valence-electron chi connectivity index (χ3n) is 4.66. The third-order valence-corrected chi connectivity index (χ3v) is 5.48. The highest BCUT2D eigenvalue weighted by atomic mass is 35.5. The second-order valence-corrected chi connectivity index (χ2v) is 8.84. The molecule has 0 spiro atoms. The summed E-state index contributed by atoms with van der Waals surface area (Å²) in [6.07, 6.45) is 2.98. The van der Waals surface area contributed by atoms with Crippen LogP contribution in [0, 0.1) is 0 Å². The molecule has 27 heavy (non-hydrogen) atoms. The Labute approximate surface area is 163 Å². The van der Waals surface area contributed by atoms with Gasteiger partial charge in [0.25, 0.3) is 0 Å². The van der Waals surface area contributed by atoms with Crippen molar-refractivity contribution in [3.05, 3.63) is 47.6 Å². The van der Waals surface area contributed by atoms with Gasteiger partial charge in [-0.2, -0.15) is 5.10 Å². The number of sulfonamides is 1. The van der Waals surface area contributed by atoms with E-state index < -0.39 is 10.0 Å². The Kier molecular flexibility index (Phi) is 4.61. The molecule has 3 aromatic rings. The van der Waals surface area contributed by atoms with Crippen LogP contribution in [0.1, 0.15) is 0 Å². The van der Waals surface area contributed by atoms with E-state index in [0.717, 1.165) is 54.7 Å². The van der Waals surface area contributed by atoms with Gasteiger partial charge in [0.15, 0.2) is 0 Å². The molecule has 1 saturated heterocycles. The van der Waals surface area contributed by atoms with Crippen LogP contribution >= 0.6 is 11.6 Å². The molecule has 9 heteroatoms. The maximum absolute atomic E-state index is 11.3. The van der Waals surface area contributed by atoms with E-state index in [0.29, 0.717) is 10.7 Å². The molecule has 142 valence electrons. The van der Waals surface area contributed by atoms with E-state index in [9.17, 15) is 8.42 Å². The highest BCUT2D eigenvalue weighted by molar-refractivity contribution is 7.92. The van der Waals surface area contributed by atoms with Crippen LogP contribution in [0.5, 0.6) is 0 Å². The smallest absolute Gasteiger partial charge is 0.229 e. The predicted molar refractivity (Wildman–Crippen MR) is 110 cm³/mol. The minimum Gasteiger partial charge on any atom is -0.368 e. The molecule has 0 saturated carbocycles. The Morgan fingerprint density at radius 2 is 1.74 bits per heavy atom. The Morgan fingerprint density at radius 1 is 1.07 bits per heavy atom. The fourth-order valence-electron chi connectivity index (χ4n) is 3.42. The van der Waals surface area contributed by atoms with Crippen molar-refractivity contribution in [1.29, 1.82) is 0 Å². The van der Waals surface area contributed by atoms with Gasteiger partial charge in [-0.3, -0.25) is 9.82 Å². The number of piperazine rings is 1. The first-order valence-corrected chi connectivity index (χ1v) is 10.9. The monoisotopic (exact) mass is 405 g/mol. The van der Waals surface area contributed by atoms with Crippen LogP contribution in [0.25, 0.3) is 10.9 Å². The van der Waals surface area contributed by atoms with Crippen LogP contribution in [-0.4, -0.2) is 51.0 Å². The highest BCUT2D eigenvalue weighted by Crippen LogP contribution is 2.31. The van der Waals surface area contributed by atoms with Crippen LogP contribution in [0.15, 0.2) is 42.6 Å². The average molecular weight is 406 g/mol. The normalized spacial score (nSPS) is 15.3. The summed E-state index contributed by atoms with van der Waals surface area (Å²) in [5.74, 6) is 0. The largest absolute Gasteiger partial charge is 0.368 e. The van der Waals surface area contributed by atoms with Crippen molar-refractivity contribution in [2.45, 2.75) is 0 Å². The molecule has 4 rings (SSSR count). The predicted octanol–water partition coefficient (Wildman–Crippen LogP) is 2.91. The van der Waals surface area contributed by atoms with E-state index in [1.807, 2.05) is 30.5 Å². The highest BCUT2D eigenvalue weighted by Gasteiger charge is 2.20. The first kappa shape index (κ1) is 17.9. The lowest BCUT2D eigenvalue weighted by Crippen LogP contribution is -2.46. The van der Waals surface area contributed by atoms with Crippen molar-refractivity contribution in [2.75, 3.05) is 47.0 Å². The number of benzene rings is 2. The molecule has 0 bridgehead atoms. The summed E-state index contributed by atoms with van der Waals surface area (Å²) in [6.45, 7) is 3.46. The van der Waals surface area contributed by atoms with E-state index >= 15 is 0 Å². The zero-order valence-corrected chi connectivity index (χ0v) is 16.4. The van der Waals surface area contributed by atoms with Gasteiger partial charge in [0.2, 0.25) is 10.0 Å². The number of aromatic amines is 1. The van der Waals surface area contributed by atoms with Gasteiger partial charge in [-0.15, -0.1) is 0 Å². The van der Waals surface area contributed by atoms with Gasteiger partial charge in [0.05, 0.1) is 18.0 Å². The Balaban J connectivity index is 1.46. The number of rotatable bonds is 4. The Hall–Kier alpha value is -2.45. The van der Waals surface area contributed by atoms with Crippen LogP contribution in [0.2, 0.25) is 5.02 Å². The quantitative estimate of drug-likeness (QED) is 0.697. The summed E-state index contributed by atoms with van der Waals surface area (Å²) in [5.41, 5.74) is 3.68. The standard InChI is InChI=1S/C18H20ClN5O2S/c1-27(25,26)22-14-2-4-15(5-3-14)23-6-8-24(9-7-23)18-11-13(19)10-17-16(18)12-20-21-17/h2-5,10-12,22H,6-9H2,1H3,(H,20,21). The summed E-state index contributed by atoms with van der Waals surface area (Å²) >= 11 is 6.25. The maximum Gasteiger partial charge on any atom is 0.229 e. The number of nitrogens with zero attached hydrogens (tertiary/aromatic N) is 3. The fraction of sp³-hybridized carbons (Fsp3) is 0.278. The first-order valence-electron chi connectivity index (χ1n) is 8.59. The maximum atomic E-state index is 11.3. The topological polar surface area (TPSA) is 81.3 Å². The van der Waals surface area contributed by atoms with Gasteiger partial charge in [0.1, 0.15) is 0 Å². The van der Waals surface area contributed by atoms with Crippen LogP contribution < -0.4 is 14.5 Å². The van der Waals surface area contributed by atoms with Crippen molar-refractivity contribution >= 4 is 49.6 Å². The summed E-state index contributed by atoms with van der Waals surface area (Å²) in [5, 5.41) is 8.87. The lowest BCUT2D eigenvalue weighted by molar-refractivity contribution is 0.607. The summed E-state index contributed by atoms with van der Waals surface area (Å²) in [7, 11) is -3.26. The molecule has 2 N–H and O–H groups in total. The molecule has 7 nitrogen and oxygen atoms in total. The molecule has 0 aliphatic carbocycles. The van der Waals surface area contributed by atoms with E-state index in [1.165, 1.54) is 0 Å². The number of hydrogen-bond acceptors (Lipinski definition) is 5. The van der Waals surface area contributed by atoms with Crippen LogP contribution in [0.4, 0.5) is 17.1 Å². The van der Waals surface area contributed by atoms with Gasteiger partial charge in [-0.05, 0) is 36.4 Å². The second-order valence-electron chi connectivity index (χ2n) is 6.65. The molecule has 1 fully saturated rings. The van der Waals surface area contributed by atoms with Crippen LogP contribution in [0.3, 0.4) is 0 Å². The Bertz CT molecular complexity index is 1060. The number of anilines is 3. The zero-order chi connectivity index (χ0) is 19.0. The van der Waals surface area contributed by atoms with Crippen molar-refractivity contribution in [3.8, 4) is 0 Å². The lowest BCUT2D eigenvalue weighted by Gasteiger charge is -2.37. The van der Waals surface area contributed by atoms with E-state index in [1.54, 1.807) is 12.1 Å². The van der Waals surface area contributed by atoms with E-state index in [2.05, 4.69) is 24.7 Å². The molecule has 0 radical (unpaired) electrons. The van der Waals surface area contributed by atoms with Crippen molar-refractivity contribution < 1.29 is 8.42 Å². The number of H-pyrrole nitrogens is 1. The van der Waals surface area contributed by atoms with Crippen molar-refractivity contribution in [2.24, 2.45) is 0 Å².